The number of fused-ring (bicyclic) bond motifs is 1. The number of rotatable bonds is 8. The summed E-state index contributed by atoms with van der Waals surface area (Å²) in [5, 5.41) is 18.8. The summed E-state index contributed by atoms with van der Waals surface area (Å²) in [5.74, 6) is -0.117. The summed E-state index contributed by atoms with van der Waals surface area (Å²) in [6.07, 6.45) is 5.72. The standard InChI is InChI=1S/C30H29N7O2S/c1-20-12-14-21(15-13-20)29-33-35-36(34-29)19-27(38)37(24-17-22-7-2-5-10-25(22)31-18-24)28(26-11-6-16-40-26)30(39)32-23-8-3-4-9-23/h2,5-7,10-18,23,28H,3-4,8-9,19H2,1H3,(H,32,39)/t28-/m1/s1. The maximum Gasteiger partial charge on any atom is 0.251 e. The molecule has 1 aliphatic carbocycles. The molecule has 0 bridgehead atoms. The zero-order valence-electron chi connectivity index (χ0n) is 22.1. The normalized spacial score (nSPS) is 14.3. The van der Waals surface area contributed by atoms with Crippen molar-refractivity contribution in [2.45, 2.75) is 51.2 Å². The summed E-state index contributed by atoms with van der Waals surface area (Å²) < 4.78 is 0. The molecule has 2 aromatic carbocycles. The Bertz CT molecular complexity index is 1630. The number of pyridine rings is 1. The molecule has 202 valence electrons. The van der Waals surface area contributed by atoms with Crippen molar-refractivity contribution in [1.29, 1.82) is 0 Å². The molecule has 6 rings (SSSR count). The molecule has 1 N–H and O–H groups in total. The Balaban J connectivity index is 1.37. The van der Waals surface area contributed by atoms with Crippen LogP contribution >= 0.6 is 11.3 Å². The molecule has 9 nitrogen and oxygen atoms in total. The molecule has 1 aliphatic rings. The van der Waals surface area contributed by atoms with Crippen LogP contribution in [0.2, 0.25) is 0 Å². The lowest BCUT2D eigenvalue weighted by atomic mass is 10.1. The highest BCUT2D eigenvalue weighted by molar-refractivity contribution is 7.10. The Hall–Kier alpha value is -4.44. The van der Waals surface area contributed by atoms with E-state index in [0.29, 0.717) is 11.5 Å². The van der Waals surface area contributed by atoms with E-state index in [0.717, 1.165) is 52.6 Å². The van der Waals surface area contributed by atoms with Crippen LogP contribution in [0.1, 0.15) is 42.2 Å². The molecule has 3 aromatic heterocycles. The number of anilines is 1. The van der Waals surface area contributed by atoms with Crippen molar-refractivity contribution in [2.75, 3.05) is 4.90 Å². The summed E-state index contributed by atoms with van der Waals surface area (Å²) in [4.78, 5) is 36.2. The van der Waals surface area contributed by atoms with Gasteiger partial charge in [0, 0.05) is 21.9 Å². The maximum atomic E-state index is 14.1. The first-order valence-electron chi connectivity index (χ1n) is 13.4. The Morgan fingerprint density at radius 3 is 2.65 bits per heavy atom. The Morgan fingerprint density at radius 1 is 1.07 bits per heavy atom. The van der Waals surface area contributed by atoms with Gasteiger partial charge >= 0.3 is 0 Å². The number of carbonyl (C=O) groups is 2. The highest BCUT2D eigenvalue weighted by Gasteiger charge is 2.35. The molecule has 40 heavy (non-hydrogen) atoms. The molecule has 3 heterocycles. The van der Waals surface area contributed by atoms with Crippen LogP contribution in [0.5, 0.6) is 0 Å². The van der Waals surface area contributed by atoms with Gasteiger partial charge < -0.3 is 5.32 Å². The number of benzene rings is 2. The van der Waals surface area contributed by atoms with Gasteiger partial charge in [0.1, 0.15) is 12.6 Å². The predicted molar refractivity (Wildman–Crippen MR) is 155 cm³/mol. The third-order valence-corrected chi connectivity index (χ3v) is 8.11. The van der Waals surface area contributed by atoms with Crippen molar-refractivity contribution in [2.24, 2.45) is 0 Å². The fraction of sp³-hybridized carbons (Fsp3) is 0.267. The molecule has 1 atom stereocenters. The van der Waals surface area contributed by atoms with Gasteiger partial charge in [-0.3, -0.25) is 19.5 Å². The van der Waals surface area contributed by atoms with Gasteiger partial charge in [0.2, 0.25) is 11.7 Å². The van der Waals surface area contributed by atoms with Crippen LogP contribution in [-0.2, 0) is 16.1 Å². The molecule has 10 heteroatoms. The molecule has 2 amide bonds. The van der Waals surface area contributed by atoms with E-state index in [1.54, 1.807) is 6.20 Å². The summed E-state index contributed by atoms with van der Waals surface area (Å²) in [7, 11) is 0. The first-order chi connectivity index (χ1) is 19.5. The second-order valence-corrected chi connectivity index (χ2v) is 11.0. The number of tetrazole rings is 1. The number of hydrogen-bond acceptors (Lipinski definition) is 7. The van der Waals surface area contributed by atoms with Gasteiger partial charge in [-0.15, -0.1) is 21.5 Å². The number of amides is 2. The van der Waals surface area contributed by atoms with Crippen LogP contribution in [-0.4, -0.2) is 43.0 Å². The second kappa shape index (κ2) is 11.4. The predicted octanol–water partition coefficient (Wildman–Crippen LogP) is 5.09. The first-order valence-corrected chi connectivity index (χ1v) is 14.3. The smallest absolute Gasteiger partial charge is 0.251 e. The van der Waals surface area contributed by atoms with Gasteiger partial charge in [-0.25, -0.2) is 0 Å². The van der Waals surface area contributed by atoms with Crippen LogP contribution < -0.4 is 10.2 Å². The lowest BCUT2D eigenvalue weighted by molar-refractivity contribution is -0.127. The lowest BCUT2D eigenvalue weighted by Gasteiger charge is -2.31. The zero-order valence-corrected chi connectivity index (χ0v) is 22.9. The van der Waals surface area contributed by atoms with Crippen molar-refractivity contribution in [3.05, 3.63) is 88.7 Å². The molecule has 0 saturated heterocycles. The third kappa shape index (κ3) is 5.48. The SMILES string of the molecule is Cc1ccc(-c2nnn(CC(=O)N(c3cnc4ccccc4c3)[C@@H](C(=O)NC3CCCC3)c3cccs3)n2)cc1. The number of hydrogen-bond donors (Lipinski definition) is 1. The summed E-state index contributed by atoms with van der Waals surface area (Å²) in [5.41, 5.74) is 3.28. The quantitative estimate of drug-likeness (QED) is 0.288. The van der Waals surface area contributed by atoms with E-state index in [9.17, 15) is 9.59 Å². The van der Waals surface area contributed by atoms with Crippen LogP contribution in [0.15, 0.2) is 78.3 Å². The molecule has 1 saturated carbocycles. The number of thiophene rings is 1. The van der Waals surface area contributed by atoms with E-state index >= 15 is 0 Å². The topological polar surface area (TPSA) is 106 Å². The van der Waals surface area contributed by atoms with Crippen molar-refractivity contribution in [3.63, 3.8) is 0 Å². The van der Waals surface area contributed by atoms with Crippen LogP contribution in [0.4, 0.5) is 5.69 Å². The minimum absolute atomic E-state index is 0.107. The number of aromatic nitrogens is 5. The van der Waals surface area contributed by atoms with Crippen molar-refractivity contribution in [3.8, 4) is 11.4 Å². The van der Waals surface area contributed by atoms with Gasteiger partial charge in [0.15, 0.2) is 0 Å². The van der Waals surface area contributed by atoms with Gasteiger partial charge in [-0.05, 0) is 48.6 Å². The van der Waals surface area contributed by atoms with Crippen LogP contribution in [0, 0.1) is 6.92 Å². The Labute approximate surface area is 235 Å². The minimum atomic E-state index is -0.865. The van der Waals surface area contributed by atoms with Crippen molar-refractivity contribution < 1.29 is 9.59 Å². The third-order valence-electron chi connectivity index (χ3n) is 7.18. The number of aryl methyl sites for hydroxylation is 1. The fourth-order valence-corrected chi connectivity index (χ4v) is 5.94. The van der Waals surface area contributed by atoms with Gasteiger partial charge in [-0.2, -0.15) is 4.80 Å². The first kappa shape index (κ1) is 25.8. The second-order valence-electron chi connectivity index (χ2n) is 10.1. The van der Waals surface area contributed by atoms with Crippen molar-refractivity contribution >= 4 is 39.7 Å². The largest absolute Gasteiger partial charge is 0.351 e. The van der Waals surface area contributed by atoms with Crippen LogP contribution in [0.25, 0.3) is 22.3 Å². The van der Waals surface area contributed by atoms with Gasteiger partial charge in [0.25, 0.3) is 5.91 Å². The average molecular weight is 552 g/mol. The zero-order chi connectivity index (χ0) is 27.5. The molecule has 0 spiro atoms. The monoisotopic (exact) mass is 551 g/mol. The van der Waals surface area contributed by atoms with E-state index in [2.05, 4.69) is 25.7 Å². The number of para-hydroxylation sites is 1. The van der Waals surface area contributed by atoms with E-state index in [-0.39, 0.29) is 24.4 Å². The van der Waals surface area contributed by atoms with Gasteiger partial charge in [0.05, 0.1) is 17.4 Å². The fourth-order valence-electron chi connectivity index (χ4n) is 5.12. The Kier molecular flexibility index (Phi) is 7.33. The summed E-state index contributed by atoms with van der Waals surface area (Å²) in [6, 6.07) is 20.4. The number of nitrogens with one attached hydrogen (secondary N) is 1. The summed E-state index contributed by atoms with van der Waals surface area (Å²) >= 11 is 1.44. The van der Waals surface area contributed by atoms with Crippen molar-refractivity contribution in [1.82, 2.24) is 30.5 Å². The number of carbonyl (C=O) groups excluding carboxylic acids is 2. The molecular formula is C30H29N7O2S. The highest BCUT2D eigenvalue weighted by atomic mass is 32.1. The summed E-state index contributed by atoms with van der Waals surface area (Å²) in [6.45, 7) is 1.82. The van der Waals surface area contributed by atoms with E-state index < -0.39 is 6.04 Å². The maximum absolute atomic E-state index is 14.1. The van der Waals surface area contributed by atoms with E-state index in [1.807, 2.05) is 79.0 Å². The minimum Gasteiger partial charge on any atom is -0.351 e. The van der Waals surface area contributed by atoms with E-state index in [4.69, 9.17) is 0 Å². The molecule has 5 aromatic rings. The Morgan fingerprint density at radius 2 is 1.88 bits per heavy atom. The average Bonchev–Trinajstić information content (AvgIpc) is 3.76. The highest BCUT2D eigenvalue weighted by Crippen LogP contribution is 2.33. The van der Waals surface area contributed by atoms with E-state index in [1.165, 1.54) is 21.0 Å². The molecule has 0 aliphatic heterocycles. The molecule has 1 fully saturated rings. The molecular weight excluding hydrogens is 522 g/mol. The lowest BCUT2D eigenvalue weighted by Crippen LogP contribution is -2.47. The van der Waals surface area contributed by atoms with Gasteiger partial charge in [-0.1, -0.05) is 66.9 Å². The number of nitrogens with zero attached hydrogens (tertiary/aromatic N) is 6. The van der Waals surface area contributed by atoms with Crippen LogP contribution in [0.3, 0.4) is 0 Å². The molecule has 0 unspecified atom stereocenters. The molecule has 0 radical (unpaired) electrons.